The van der Waals surface area contributed by atoms with Gasteiger partial charge < -0.3 is 10.6 Å². The lowest BCUT2D eigenvalue weighted by Crippen LogP contribution is -2.14. The number of pyridine rings is 1. The molecule has 1 saturated carbocycles. The molecule has 0 aromatic carbocycles. The Morgan fingerprint density at radius 3 is 3.13 bits per heavy atom. The molecule has 5 nitrogen and oxygen atoms in total. The smallest absolute Gasteiger partial charge is 0.226 e. The predicted octanol–water partition coefficient (Wildman–Crippen LogP) is 3.69. The predicted molar refractivity (Wildman–Crippen MR) is 92.7 cm³/mol. The highest BCUT2D eigenvalue weighted by Crippen LogP contribution is 2.33. The number of aromatic nitrogens is 2. The normalized spacial score (nSPS) is 17.0. The van der Waals surface area contributed by atoms with Gasteiger partial charge in [-0.3, -0.25) is 4.79 Å². The number of nitrogens with one attached hydrogen (secondary N) is 2. The van der Waals surface area contributed by atoms with E-state index >= 15 is 0 Å². The van der Waals surface area contributed by atoms with Crippen LogP contribution in [-0.2, 0) is 11.2 Å². The number of nitrogens with zero attached hydrogens (tertiary/aromatic N) is 2. The van der Waals surface area contributed by atoms with E-state index in [4.69, 9.17) is 0 Å². The minimum absolute atomic E-state index is 0.0967. The van der Waals surface area contributed by atoms with Gasteiger partial charge >= 0.3 is 0 Å². The highest BCUT2D eigenvalue weighted by Gasteiger charge is 2.20. The Kier molecular flexibility index (Phi) is 3.99. The van der Waals surface area contributed by atoms with Crippen LogP contribution in [0.1, 0.15) is 37.7 Å². The zero-order chi connectivity index (χ0) is 15.6. The molecule has 23 heavy (non-hydrogen) atoms. The van der Waals surface area contributed by atoms with Gasteiger partial charge in [0.1, 0.15) is 5.82 Å². The van der Waals surface area contributed by atoms with E-state index in [1.165, 1.54) is 42.6 Å². The average Bonchev–Trinajstić information content (AvgIpc) is 3.27. The van der Waals surface area contributed by atoms with Gasteiger partial charge in [0, 0.05) is 35.7 Å². The Morgan fingerprint density at radius 1 is 1.39 bits per heavy atom. The maximum absolute atomic E-state index is 12.1. The van der Waals surface area contributed by atoms with Gasteiger partial charge in [-0.25, -0.2) is 9.97 Å². The summed E-state index contributed by atoms with van der Waals surface area (Å²) in [5, 5.41) is 8.96. The first kappa shape index (κ1) is 14.6. The molecule has 0 bridgehead atoms. The largest absolute Gasteiger partial charge is 0.369 e. The number of hydrogen-bond acceptors (Lipinski definition) is 5. The summed E-state index contributed by atoms with van der Waals surface area (Å²) in [7, 11) is 0. The Hall–Kier alpha value is -1.95. The Morgan fingerprint density at radius 2 is 2.26 bits per heavy atom. The van der Waals surface area contributed by atoms with Gasteiger partial charge in [-0.1, -0.05) is 12.8 Å². The van der Waals surface area contributed by atoms with Crippen LogP contribution in [0, 0.1) is 5.92 Å². The Balaban J connectivity index is 1.47. The molecule has 3 heterocycles. The van der Waals surface area contributed by atoms with Crippen LogP contribution >= 0.6 is 11.3 Å². The van der Waals surface area contributed by atoms with Crippen molar-refractivity contribution in [2.24, 2.45) is 5.92 Å². The van der Waals surface area contributed by atoms with Gasteiger partial charge in [0.15, 0.2) is 5.13 Å². The van der Waals surface area contributed by atoms with E-state index in [1.807, 2.05) is 17.6 Å². The van der Waals surface area contributed by atoms with E-state index < -0.39 is 0 Å². The number of carbonyl (C=O) groups excluding carboxylic acids is 1. The van der Waals surface area contributed by atoms with Crippen molar-refractivity contribution in [1.29, 1.82) is 0 Å². The molecule has 2 aromatic heterocycles. The van der Waals surface area contributed by atoms with Crippen molar-refractivity contribution >= 4 is 28.2 Å². The zero-order valence-corrected chi connectivity index (χ0v) is 13.8. The van der Waals surface area contributed by atoms with E-state index in [-0.39, 0.29) is 5.91 Å². The molecule has 6 heteroatoms. The lowest BCUT2D eigenvalue weighted by atomic mass is 10.0. The lowest BCUT2D eigenvalue weighted by molar-refractivity contribution is -0.117. The van der Waals surface area contributed by atoms with Crippen molar-refractivity contribution in [3.63, 3.8) is 0 Å². The second-order valence-corrected chi connectivity index (χ2v) is 7.16. The number of thiazole rings is 1. The third-order valence-corrected chi connectivity index (χ3v) is 5.46. The molecule has 0 unspecified atom stereocenters. The van der Waals surface area contributed by atoms with Crippen LogP contribution in [0.4, 0.5) is 10.9 Å². The minimum atomic E-state index is 0.0967. The summed E-state index contributed by atoms with van der Waals surface area (Å²) < 4.78 is 0. The summed E-state index contributed by atoms with van der Waals surface area (Å²) in [6.45, 7) is 0.925. The van der Waals surface area contributed by atoms with Gasteiger partial charge in [0.2, 0.25) is 5.91 Å². The van der Waals surface area contributed by atoms with Gasteiger partial charge in [-0.15, -0.1) is 11.3 Å². The molecule has 2 aromatic rings. The zero-order valence-electron chi connectivity index (χ0n) is 13.0. The molecule has 0 saturated heterocycles. The summed E-state index contributed by atoms with van der Waals surface area (Å²) in [6.07, 6.45) is 8.31. The summed E-state index contributed by atoms with van der Waals surface area (Å²) in [5.41, 5.74) is 3.27. The highest BCUT2D eigenvalue weighted by atomic mass is 32.1. The monoisotopic (exact) mass is 328 g/mol. The maximum Gasteiger partial charge on any atom is 0.226 e. The van der Waals surface area contributed by atoms with Gasteiger partial charge in [-0.05, 0) is 31.2 Å². The minimum Gasteiger partial charge on any atom is -0.369 e. The van der Waals surface area contributed by atoms with Crippen LogP contribution < -0.4 is 10.6 Å². The van der Waals surface area contributed by atoms with Gasteiger partial charge in [0.25, 0.3) is 0 Å². The van der Waals surface area contributed by atoms with Crippen molar-refractivity contribution in [3.8, 4) is 11.3 Å². The maximum atomic E-state index is 12.1. The number of rotatable bonds is 4. The molecular weight excluding hydrogens is 308 g/mol. The first-order valence-corrected chi connectivity index (χ1v) is 9.15. The quantitative estimate of drug-likeness (QED) is 0.898. The third kappa shape index (κ3) is 3.08. The molecule has 1 aliphatic carbocycles. The molecule has 1 amide bonds. The molecule has 1 fully saturated rings. The van der Waals surface area contributed by atoms with E-state index in [0.717, 1.165) is 30.0 Å². The first-order valence-electron chi connectivity index (χ1n) is 8.27. The molecule has 0 spiro atoms. The second kappa shape index (κ2) is 6.28. The standard InChI is InChI=1S/C17H20N4OS/c22-15(9-11-3-1-2-4-11)21-17-20-14(10-23-17)12-5-7-18-16-13(12)6-8-19-16/h5,7,10-11H,1-4,6,8-9H2,(H,18,19)(H,20,21,22). The van der Waals surface area contributed by atoms with Crippen molar-refractivity contribution in [3.05, 3.63) is 23.2 Å². The van der Waals surface area contributed by atoms with E-state index in [9.17, 15) is 4.79 Å². The fraction of sp³-hybridized carbons (Fsp3) is 0.471. The van der Waals surface area contributed by atoms with Crippen LogP contribution in [0.3, 0.4) is 0 Å². The topological polar surface area (TPSA) is 66.9 Å². The van der Waals surface area contributed by atoms with E-state index in [0.29, 0.717) is 17.5 Å². The van der Waals surface area contributed by atoms with Crippen LogP contribution in [0.2, 0.25) is 0 Å². The number of anilines is 2. The SMILES string of the molecule is O=C(CC1CCCC1)Nc1nc(-c2ccnc3c2CCN3)cs1. The molecule has 4 rings (SSSR count). The van der Waals surface area contributed by atoms with Gasteiger partial charge in [-0.2, -0.15) is 0 Å². The van der Waals surface area contributed by atoms with Crippen LogP contribution in [0.5, 0.6) is 0 Å². The van der Waals surface area contributed by atoms with Crippen LogP contribution in [0.25, 0.3) is 11.3 Å². The summed E-state index contributed by atoms with van der Waals surface area (Å²) in [4.78, 5) is 21.1. The highest BCUT2D eigenvalue weighted by molar-refractivity contribution is 7.14. The fourth-order valence-electron chi connectivity index (χ4n) is 3.55. The van der Waals surface area contributed by atoms with Crippen molar-refractivity contribution in [2.45, 2.75) is 38.5 Å². The molecule has 120 valence electrons. The first-order chi connectivity index (χ1) is 11.3. The van der Waals surface area contributed by atoms with Crippen molar-refractivity contribution < 1.29 is 4.79 Å². The third-order valence-electron chi connectivity index (χ3n) is 4.70. The van der Waals surface area contributed by atoms with Crippen molar-refractivity contribution in [2.75, 3.05) is 17.2 Å². The summed E-state index contributed by atoms with van der Waals surface area (Å²) in [6, 6.07) is 2.00. The molecular formula is C17H20N4OS. The molecule has 2 N–H and O–H groups in total. The fourth-order valence-corrected chi connectivity index (χ4v) is 4.27. The Labute approximate surface area is 139 Å². The molecule has 2 aliphatic rings. The lowest BCUT2D eigenvalue weighted by Gasteiger charge is -2.07. The number of amides is 1. The number of carbonyl (C=O) groups is 1. The van der Waals surface area contributed by atoms with E-state index in [2.05, 4.69) is 20.6 Å². The van der Waals surface area contributed by atoms with Crippen LogP contribution in [0.15, 0.2) is 17.6 Å². The molecule has 1 aliphatic heterocycles. The number of fused-ring (bicyclic) bond motifs is 1. The van der Waals surface area contributed by atoms with Gasteiger partial charge in [0.05, 0.1) is 5.69 Å². The van der Waals surface area contributed by atoms with E-state index in [1.54, 1.807) is 0 Å². The second-order valence-electron chi connectivity index (χ2n) is 6.30. The van der Waals surface area contributed by atoms with Crippen molar-refractivity contribution in [1.82, 2.24) is 9.97 Å². The summed E-state index contributed by atoms with van der Waals surface area (Å²) >= 11 is 1.49. The Bertz CT molecular complexity index is 721. The average molecular weight is 328 g/mol. The summed E-state index contributed by atoms with van der Waals surface area (Å²) in [5.74, 6) is 1.62. The molecule has 0 atom stereocenters. The number of hydrogen-bond donors (Lipinski definition) is 2. The molecule has 0 radical (unpaired) electrons. The van der Waals surface area contributed by atoms with Crippen LogP contribution in [-0.4, -0.2) is 22.4 Å².